The van der Waals surface area contributed by atoms with Crippen LogP contribution in [0.2, 0.25) is 0 Å². The number of hydrogen-bond acceptors (Lipinski definition) is 7. The summed E-state index contributed by atoms with van der Waals surface area (Å²) in [6, 6.07) is 7.34. The van der Waals surface area contributed by atoms with Gasteiger partial charge in [-0.3, -0.25) is 4.79 Å². The number of carbonyl (C=O) groups excluding carboxylic acids is 1. The number of aromatic nitrogens is 2. The van der Waals surface area contributed by atoms with Gasteiger partial charge >= 0.3 is 0 Å². The van der Waals surface area contributed by atoms with E-state index in [-0.39, 0.29) is 36.4 Å². The number of ether oxygens (including phenoxy) is 2. The number of nitrogens with zero attached hydrogens (tertiary/aromatic N) is 2. The third-order valence-electron chi connectivity index (χ3n) is 3.50. The number of benzene rings is 1. The quantitative estimate of drug-likeness (QED) is 0.579. The van der Waals surface area contributed by atoms with E-state index in [0.717, 1.165) is 5.56 Å². The van der Waals surface area contributed by atoms with Crippen molar-refractivity contribution in [3.63, 3.8) is 0 Å². The highest BCUT2D eigenvalue weighted by Gasteiger charge is 2.29. The van der Waals surface area contributed by atoms with E-state index in [1.807, 2.05) is 19.1 Å². The first kappa shape index (κ1) is 19.9. The molecule has 1 amide bonds. The molecule has 1 aromatic heterocycles. The summed E-state index contributed by atoms with van der Waals surface area (Å²) >= 11 is 0. The molecule has 1 heterocycles. The summed E-state index contributed by atoms with van der Waals surface area (Å²) in [5, 5.41) is 2.79. The molecule has 0 aliphatic carbocycles. The lowest BCUT2D eigenvalue weighted by Gasteiger charge is -2.20. The molecule has 142 valence electrons. The van der Waals surface area contributed by atoms with E-state index < -0.39 is 12.0 Å². The first-order valence-electron chi connectivity index (χ1n) is 8.22. The Hall–Kier alpha value is -3.39. The van der Waals surface area contributed by atoms with Crippen LogP contribution in [0.1, 0.15) is 17.2 Å². The van der Waals surface area contributed by atoms with E-state index in [0.29, 0.717) is 5.69 Å². The maximum atomic E-state index is 12.9. The predicted molar refractivity (Wildman–Crippen MR) is 105 cm³/mol. The van der Waals surface area contributed by atoms with Crippen LogP contribution in [-0.4, -0.2) is 29.1 Å². The third-order valence-corrected chi connectivity index (χ3v) is 3.50. The predicted octanol–water partition coefficient (Wildman–Crippen LogP) is 2.40. The Kier molecular flexibility index (Phi) is 6.90. The summed E-state index contributed by atoms with van der Waals surface area (Å²) in [4.78, 5) is 20.8. The fourth-order valence-corrected chi connectivity index (χ4v) is 2.28. The standard InChI is InChI=1S/C19H23N5O3/c1-4-10-26-15(17(25)22-13-8-6-12(3)7-9-13)14-16(20)23-19(21)24-18(14)27-11-5-2/h4-9,15H,1-2,10-11H2,3H3,(H,22,25)(H4,20,21,23,24). The summed E-state index contributed by atoms with van der Waals surface area (Å²) in [5.41, 5.74) is 13.5. The molecule has 0 aliphatic heterocycles. The number of nitrogens with two attached hydrogens (primary N) is 2. The molecule has 0 fully saturated rings. The number of nitrogens with one attached hydrogen (secondary N) is 1. The van der Waals surface area contributed by atoms with Crippen molar-refractivity contribution in [2.45, 2.75) is 13.0 Å². The molecule has 8 nitrogen and oxygen atoms in total. The van der Waals surface area contributed by atoms with Crippen molar-refractivity contribution in [3.05, 3.63) is 60.7 Å². The molecule has 0 spiro atoms. The van der Waals surface area contributed by atoms with Crippen LogP contribution in [0.25, 0.3) is 0 Å². The van der Waals surface area contributed by atoms with Gasteiger partial charge < -0.3 is 26.3 Å². The average Bonchev–Trinajstić information content (AvgIpc) is 2.63. The zero-order valence-electron chi connectivity index (χ0n) is 15.1. The van der Waals surface area contributed by atoms with Gasteiger partial charge in [0.2, 0.25) is 11.8 Å². The molecule has 2 aromatic rings. The molecule has 1 aromatic carbocycles. The summed E-state index contributed by atoms with van der Waals surface area (Å²) in [7, 11) is 0. The van der Waals surface area contributed by atoms with Gasteiger partial charge in [0.05, 0.1) is 12.2 Å². The fourth-order valence-electron chi connectivity index (χ4n) is 2.28. The Bertz CT molecular complexity index is 821. The van der Waals surface area contributed by atoms with Crippen LogP contribution >= 0.6 is 0 Å². The van der Waals surface area contributed by atoms with Crippen molar-refractivity contribution in [1.29, 1.82) is 0 Å². The largest absolute Gasteiger partial charge is 0.473 e. The molecule has 2 rings (SSSR count). The summed E-state index contributed by atoms with van der Waals surface area (Å²) in [6.45, 7) is 9.41. The van der Waals surface area contributed by atoms with E-state index >= 15 is 0 Å². The van der Waals surface area contributed by atoms with Crippen LogP contribution in [0.15, 0.2) is 49.6 Å². The van der Waals surface area contributed by atoms with Gasteiger partial charge in [-0.05, 0) is 19.1 Å². The fraction of sp³-hybridized carbons (Fsp3) is 0.211. The van der Waals surface area contributed by atoms with Gasteiger partial charge in [-0.15, -0.1) is 6.58 Å². The van der Waals surface area contributed by atoms with E-state index in [2.05, 4.69) is 28.4 Å². The van der Waals surface area contributed by atoms with Crippen molar-refractivity contribution in [1.82, 2.24) is 9.97 Å². The van der Waals surface area contributed by atoms with Crippen molar-refractivity contribution in [3.8, 4) is 5.88 Å². The molecule has 0 saturated heterocycles. The monoisotopic (exact) mass is 369 g/mol. The Balaban J connectivity index is 2.39. The van der Waals surface area contributed by atoms with Crippen molar-refractivity contribution in [2.75, 3.05) is 30.0 Å². The van der Waals surface area contributed by atoms with Crippen LogP contribution in [0.5, 0.6) is 5.88 Å². The molecule has 0 saturated carbocycles. The highest BCUT2D eigenvalue weighted by molar-refractivity contribution is 5.96. The number of rotatable bonds is 9. The summed E-state index contributed by atoms with van der Waals surface area (Å²) in [6.07, 6.45) is 1.93. The van der Waals surface area contributed by atoms with Crippen molar-refractivity contribution in [2.24, 2.45) is 0 Å². The minimum Gasteiger partial charge on any atom is -0.473 e. The molecule has 27 heavy (non-hydrogen) atoms. The molecular formula is C19H23N5O3. The van der Waals surface area contributed by atoms with Gasteiger partial charge in [-0.2, -0.15) is 9.97 Å². The molecule has 5 N–H and O–H groups in total. The van der Waals surface area contributed by atoms with Crippen LogP contribution in [0.4, 0.5) is 17.5 Å². The molecule has 1 unspecified atom stereocenters. The molecule has 8 heteroatoms. The number of hydrogen-bond donors (Lipinski definition) is 3. The maximum Gasteiger partial charge on any atom is 0.258 e. The Labute approximate surface area is 157 Å². The first-order valence-corrected chi connectivity index (χ1v) is 8.22. The second-order valence-corrected chi connectivity index (χ2v) is 5.64. The van der Waals surface area contributed by atoms with Crippen molar-refractivity contribution < 1.29 is 14.3 Å². The molecule has 0 radical (unpaired) electrons. The average molecular weight is 369 g/mol. The van der Waals surface area contributed by atoms with E-state index in [1.54, 1.807) is 12.1 Å². The summed E-state index contributed by atoms with van der Waals surface area (Å²) < 4.78 is 11.1. The second-order valence-electron chi connectivity index (χ2n) is 5.64. The topological polar surface area (TPSA) is 125 Å². The highest BCUT2D eigenvalue weighted by atomic mass is 16.5. The third kappa shape index (κ3) is 5.29. The summed E-state index contributed by atoms with van der Waals surface area (Å²) in [5.74, 6) is -0.469. The maximum absolute atomic E-state index is 12.9. The molecular weight excluding hydrogens is 346 g/mol. The smallest absolute Gasteiger partial charge is 0.258 e. The minimum absolute atomic E-state index is 0.00493. The lowest BCUT2D eigenvalue weighted by molar-refractivity contribution is -0.127. The molecule has 0 aliphatic rings. The number of nitrogen functional groups attached to an aromatic ring is 2. The lowest BCUT2D eigenvalue weighted by atomic mass is 10.1. The normalized spacial score (nSPS) is 11.4. The van der Waals surface area contributed by atoms with Gasteiger partial charge in [0.15, 0.2) is 6.10 Å². The Morgan fingerprint density at radius 2 is 1.85 bits per heavy atom. The minimum atomic E-state index is -1.12. The van der Waals surface area contributed by atoms with E-state index in [9.17, 15) is 4.79 Å². The first-order chi connectivity index (χ1) is 13.0. The van der Waals surface area contributed by atoms with Gasteiger partial charge in [0.1, 0.15) is 12.4 Å². The van der Waals surface area contributed by atoms with Crippen LogP contribution in [-0.2, 0) is 9.53 Å². The Morgan fingerprint density at radius 1 is 1.19 bits per heavy atom. The van der Waals surface area contributed by atoms with E-state index in [4.69, 9.17) is 20.9 Å². The number of aryl methyl sites for hydroxylation is 1. The van der Waals surface area contributed by atoms with Gasteiger partial charge in [-0.25, -0.2) is 0 Å². The number of carbonyl (C=O) groups is 1. The number of anilines is 3. The lowest BCUT2D eigenvalue weighted by Crippen LogP contribution is -2.26. The second kappa shape index (κ2) is 9.35. The van der Waals surface area contributed by atoms with Crippen molar-refractivity contribution >= 4 is 23.4 Å². The highest BCUT2D eigenvalue weighted by Crippen LogP contribution is 2.32. The molecule has 0 bridgehead atoms. The zero-order valence-corrected chi connectivity index (χ0v) is 15.1. The zero-order chi connectivity index (χ0) is 19.8. The SMILES string of the molecule is C=CCOc1nc(N)nc(N)c1C(OCC=C)C(=O)Nc1ccc(C)cc1. The Morgan fingerprint density at radius 3 is 2.48 bits per heavy atom. The van der Waals surface area contributed by atoms with Crippen LogP contribution < -0.4 is 21.5 Å². The molecule has 1 atom stereocenters. The van der Waals surface area contributed by atoms with Crippen LogP contribution in [0, 0.1) is 6.92 Å². The van der Waals surface area contributed by atoms with Gasteiger partial charge in [0.25, 0.3) is 5.91 Å². The van der Waals surface area contributed by atoms with E-state index in [1.165, 1.54) is 12.2 Å². The number of amides is 1. The van der Waals surface area contributed by atoms with Crippen LogP contribution in [0.3, 0.4) is 0 Å². The van der Waals surface area contributed by atoms with Gasteiger partial charge in [-0.1, -0.05) is 36.4 Å². The van der Waals surface area contributed by atoms with Gasteiger partial charge in [0, 0.05) is 5.69 Å².